The second-order valence-electron chi connectivity index (χ2n) is 4.58. The van der Waals surface area contributed by atoms with Gasteiger partial charge in [0.25, 0.3) is 0 Å². The van der Waals surface area contributed by atoms with E-state index in [2.05, 4.69) is 4.90 Å². The lowest BCUT2D eigenvalue weighted by molar-refractivity contribution is 0.0662. The molecule has 1 aromatic rings. The summed E-state index contributed by atoms with van der Waals surface area (Å²) in [6.07, 6.45) is 1.61. The Morgan fingerprint density at radius 3 is 3.06 bits per heavy atom. The molecule has 0 bridgehead atoms. The van der Waals surface area contributed by atoms with E-state index in [0.717, 1.165) is 24.9 Å². The number of benzene rings is 1. The van der Waals surface area contributed by atoms with E-state index in [-0.39, 0.29) is 11.9 Å². The number of hydrogen-bond acceptors (Lipinski definition) is 2. The second-order valence-corrected chi connectivity index (χ2v) is 4.58. The van der Waals surface area contributed by atoms with Crippen molar-refractivity contribution in [1.82, 2.24) is 4.90 Å². The van der Waals surface area contributed by atoms with Crippen LogP contribution in [0.25, 0.3) is 0 Å². The van der Waals surface area contributed by atoms with Gasteiger partial charge in [-0.15, -0.1) is 0 Å². The molecule has 1 saturated heterocycles. The summed E-state index contributed by atoms with van der Waals surface area (Å²) in [5.74, 6) is -0.109. The molecule has 2 nitrogen and oxygen atoms in total. The number of halogens is 1. The van der Waals surface area contributed by atoms with E-state index >= 15 is 0 Å². The predicted octanol–water partition coefficient (Wildman–Crippen LogP) is 2.09. The Balaban J connectivity index is 2.05. The van der Waals surface area contributed by atoms with Gasteiger partial charge in [-0.25, -0.2) is 4.39 Å². The van der Waals surface area contributed by atoms with Gasteiger partial charge < -0.3 is 5.11 Å². The third kappa shape index (κ3) is 2.60. The van der Waals surface area contributed by atoms with Crippen molar-refractivity contribution in [3.63, 3.8) is 0 Å². The molecule has 0 aromatic heterocycles. The molecule has 1 heterocycles. The quantitative estimate of drug-likeness (QED) is 0.830. The minimum absolute atomic E-state index is 0.109. The standard InChI is InChI=1S/C13H18FNO/c1-10-4-2-5-11(13(10)14)8-15-7-3-6-12(16)9-15/h2,4-5,12,16H,3,6-9H2,1H3/t12-/m1/s1. The fraction of sp³-hybridized carbons (Fsp3) is 0.538. The summed E-state index contributed by atoms with van der Waals surface area (Å²) in [6, 6.07) is 5.49. The lowest BCUT2D eigenvalue weighted by atomic mass is 10.1. The third-order valence-electron chi connectivity index (χ3n) is 3.15. The second kappa shape index (κ2) is 4.93. The van der Waals surface area contributed by atoms with Crippen LogP contribution in [0.2, 0.25) is 0 Å². The number of aliphatic hydroxyl groups is 1. The first-order chi connectivity index (χ1) is 7.66. The van der Waals surface area contributed by atoms with Crippen molar-refractivity contribution in [3.05, 3.63) is 35.1 Å². The molecule has 0 unspecified atom stereocenters. The van der Waals surface area contributed by atoms with Crippen LogP contribution in [0.3, 0.4) is 0 Å². The maximum atomic E-state index is 13.8. The number of likely N-dealkylation sites (tertiary alicyclic amines) is 1. The Bertz CT molecular complexity index is 367. The van der Waals surface area contributed by atoms with Crippen molar-refractivity contribution in [2.75, 3.05) is 13.1 Å². The molecule has 0 saturated carbocycles. The Hall–Kier alpha value is -0.930. The van der Waals surface area contributed by atoms with Gasteiger partial charge in [-0.05, 0) is 31.9 Å². The van der Waals surface area contributed by atoms with E-state index in [4.69, 9.17) is 0 Å². The van der Waals surface area contributed by atoms with E-state index < -0.39 is 0 Å². The molecule has 1 aromatic carbocycles. The summed E-state index contributed by atoms with van der Waals surface area (Å²) >= 11 is 0. The lowest BCUT2D eigenvalue weighted by Crippen LogP contribution is -2.37. The molecule has 0 aliphatic carbocycles. The summed E-state index contributed by atoms with van der Waals surface area (Å²) in [6.45, 7) is 3.99. The SMILES string of the molecule is Cc1cccc(CN2CCC[C@@H](O)C2)c1F. The van der Waals surface area contributed by atoms with Crippen LogP contribution in [0.4, 0.5) is 4.39 Å². The number of aliphatic hydroxyl groups excluding tert-OH is 1. The fourth-order valence-corrected chi connectivity index (χ4v) is 2.25. The molecule has 1 N–H and O–H groups in total. The minimum atomic E-state index is -0.248. The topological polar surface area (TPSA) is 23.5 Å². The highest BCUT2D eigenvalue weighted by molar-refractivity contribution is 5.24. The first-order valence-electron chi connectivity index (χ1n) is 5.81. The number of nitrogens with zero attached hydrogens (tertiary/aromatic N) is 1. The molecular weight excluding hydrogens is 205 g/mol. The van der Waals surface area contributed by atoms with Gasteiger partial charge in [-0.1, -0.05) is 18.2 Å². The van der Waals surface area contributed by atoms with Crippen LogP contribution in [-0.2, 0) is 6.54 Å². The molecular formula is C13H18FNO. The highest BCUT2D eigenvalue weighted by Crippen LogP contribution is 2.17. The van der Waals surface area contributed by atoms with Gasteiger partial charge in [0.05, 0.1) is 6.10 Å². The van der Waals surface area contributed by atoms with Gasteiger partial charge in [0.15, 0.2) is 0 Å². The molecule has 0 amide bonds. The molecule has 1 atom stereocenters. The molecule has 0 radical (unpaired) electrons. The smallest absolute Gasteiger partial charge is 0.130 e. The Kier molecular flexibility index (Phi) is 3.56. The number of aryl methyl sites for hydroxylation is 1. The molecule has 88 valence electrons. The van der Waals surface area contributed by atoms with E-state index in [1.54, 1.807) is 13.0 Å². The molecule has 1 aliphatic heterocycles. The van der Waals surface area contributed by atoms with Crippen LogP contribution in [0.1, 0.15) is 24.0 Å². The van der Waals surface area contributed by atoms with Gasteiger partial charge in [-0.2, -0.15) is 0 Å². The highest BCUT2D eigenvalue weighted by Gasteiger charge is 2.18. The monoisotopic (exact) mass is 223 g/mol. The lowest BCUT2D eigenvalue weighted by Gasteiger charge is -2.30. The fourth-order valence-electron chi connectivity index (χ4n) is 2.25. The molecule has 1 fully saturated rings. The van der Waals surface area contributed by atoms with Gasteiger partial charge in [-0.3, -0.25) is 4.90 Å². The minimum Gasteiger partial charge on any atom is -0.392 e. The number of hydrogen-bond donors (Lipinski definition) is 1. The molecule has 3 heteroatoms. The summed E-state index contributed by atoms with van der Waals surface area (Å²) in [5.41, 5.74) is 1.42. The Morgan fingerprint density at radius 1 is 1.50 bits per heavy atom. The number of rotatable bonds is 2. The van der Waals surface area contributed by atoms with Crippen molar-refractivity contribution in [3.8, 4) is 0 Å². The Morgan fingerprint density at radius 2 is 2.31 bits per heavy atom. The van der Waals surface area contributed by atoms with Crippen molar-refractivity contribution in [1.29, 1.82) is 0 Å². The number of piperidine rings is 1. The summed E-state index contributed by atoms with van der Waals surface area (Å²) in [7, 11) is 0. The largest absolute Gasteiger partial charge is 0.392 e. The average molecular weight is 223 g/mol. The maximum Gasteiger partial charge on any atom is 0.130 e. The summed E-state index contributed by atoms with van der Waals surface area (Å²) in [4.78, 5) is 2.12. The van der Waals surface area contributed by atoms with Crippen molar-refractivity contribution >= 4 is 0 Å². The first-order valence-corrected chi connectivity index (χ1v) is 5.81. The predicted molar refractivity (Wildman–Crippen MR) is 61.7 cm³/mol. The van der Waals surface area contributed by atoms with Gasteiger partial charge in [0.2, 0.25) is 0 Å². The van der Waals surface area contributed by atoms with Gasteiger partial charge in [0.1, 0.15) is 5.82 Å². The van der Waals surface area contributed by atoms with Crippen LogP contribution in [0.15, 0.2) is 18.2 Å². The van der Waals surface area contributed by atoms with Gasteiger partial charge >= 0.3 is 0 Å². The van der Waals surface area contributed by atoms with Crippen LogP contribution in [0.5, 0.6) is 0 Å². The van der Waals surface area contributed by atoms with Crippen LogP contribution < -0.4 is 0 Å². The zero-order valence-corrected chi connectivity index (χ0v) is 9.62. The van der Waals surface area contributed by atoms with Crippen LogP contribution in [-0.4, -0.2) is 29.2 Å². The van der Waals surface area contributed by atoms with Crippen molar-refractivity contribution in [2.45, 2.75) is 32.4 Å². The normalized spacial score (nSPS) is 22.3. The molecule has 1 aliphatic rings. The van der Waals surface area contributed by atoms with Crippen LogP contribution in [0, 0.1) is 12.7 Å². The van der Waals surface area contributed by atoms with Crippen molar-refractivity contribution < 1.29 is 9.50 Å². The highest BCUT2D eigenvalue weighted by atomic mass is 19.1. The average Bonchev–Trinajstić information content (AvgIpc) is 2.25. The third-order valence-corrected chi connectivity index (χ3v) is 3.15. The Labute approximate surface area is 95.7 Å². The van der Waals surface area contributed by atoms with Crippen molar-refractivity contribution in [2.24, 2.45) is 0 Å². The van der Waals surface area contributed by atoms with Crippen LogP contribution >= 0.6 is 0 Å². The number of β-amino-alcohol motifs (C(OH)–C–C–N with tert-alkyl or cyclic N) is 1. The zero-order chi connectivity index (χ0) is 11.5. The van der Waals surface area contributed by atoms with E-state index in [1.165, 1.54) is 0 Å². The maximum absolute atomic E-state index is 13.8. The molecule has 0 spiro atoms. The molecule has 2 rings (SSSR count). The van der Waals surface area contributed by atoms with E-state index in [9.17, 15) is 9.50 Å². The summed E-state index contributed by atoms with van der Waals surface area (Å²) < 4.78 is 13.8. The molecule has 16 heavy (non-hydrogen) atoms. The zero-order valence-electron chi connectivity index (χ0n) is 9.62. The summed E-state index contributed by atoms with van der Waals surface area (Å²) in [5, 5.41) is 9.55. The van der Waals surface area contributed by atoms with E-state index in [0.29, 0.717) is 18.7 Å². The first kappa shape index (κ1) is 11.6. The van der Waals surface area contributed by atoms with Gasteiger partial charge in [0, 0.05) is 18.7 Å². The van der Waals surface area contributed by atoms with E-state index in [1.807, 2.05) is 12.1 Å².